The second-order valence-corrected chi connectivity index (χ2v) is 7.28. The van der Waals surface area contributed by atoms with Gasteiger partial charge in [-0.2, -0.15) is 0 Å². The quantitative estimate of drug-likeness (QED) is 0.378. The predicted molar refractivity (Wildman–Crippen MR) is 121 cm³/mol. The summed E-state index contributed by atoms with van der Waals surface area (Å²) < 4.78 is 11.6. The third kappa shape index (κ3) is 3.42. The molecular weight excluding hydrogens is 372 g/mol. The highest BCUT2D eigenvalue weighted by Crippen LogP contribution is 2.35. The molecule has 5 aromatic rings. The summed E-state index contributed by atoms with van der Waals surface area (Å²) in [5, 5.41) is 2.24. The molecule has 148 valence electrons. The van der Waals surface area contributed by atoms with Crippen molar-refractivity contribution < 1.29 is 9.47 Å². The van der Waals surface area contributed by atoms with Crippen LogP contribution < -0.4 is 4.74 Å². The zero-order chi connectivity index (χ0) is 20.3. The van der Waals surface area contributed by atoms with Crippen LogP contribution in [0.4, 0.5) is 0 Å². The van der Waals surface area contributed by atoms with Gasteiger partial charge in [-0.05, 0) is 23.8 Å². The molecule has 0 bridgehead atoms. The first kappa shape index (κ1) is 18.4. The minimum Gasteiger partial charge on any atom is -0.489 e. The van der Waals surface area contributed by atoms with Gasteiger partial charge in [-0.1, -0.05) is 60.7 Å². The van der Waals surface area contributed by atoms with E-state index in [1.807, 2.05) is 48.7 Å². The van der Waals surface area contributed by atoms with Crippen molar-refractivity contribution in [1.29, 1.82) is 0 Å². The van der Waals surface area contributed by atoms with Gasteiger partial charge in [0, 0.05) is 34.5 Å². The Hall–Kier alpha value is -3.63. The van der Waals surface area contributed by atoms with Gasteiger partial charge in [-0.3, -0.25) is 4.98 Å². The van der Waals surface area contributed by atoms with E-state index in [2.05, 4.69) is 41.4 Å². The van der Waals surface area contributed by atoms with E-state index in [4.69, 9.17) is 14.5 Å². The average molecular weight is 394 g/mol. The van der Waals surface area contributed by atoms with Crippen molar-refractivity contribution in [2.24, 2.45) is 0 Å². The maximum atomic E-state index is 6.07. The second-order valence-electron chi connectivity index (χ2n) is 7.28. The molecule has 0 spiro atoms. The Bertz CT molecular complexity index is 1290. The van der Waals surface area contributed by atoms with E-state index in [9.17, 15) is 0 Å². The van der Waals surface area contributed by atoms with E-state index < -0.39 is 0 Å². The highest BCUT2D eigenvalue weighted by Gasteiger charge is 2.16. The number of hydrogen-bond acceptors (Lipinski definition) is 3. The maximum absolute atomic E-state index is 6.07. The van der Waals surface area contributed by atoms with Crippen molar-refractivity contribution in [2.45, 2.75) is 13.2 Å². The molecule has 0 aliphatic carbocycles. The Balaban J connectivity index is 1.62. The molecule has 3 aromatic carbocycles. The molecule has 0 atom stereocenters. The van der Waals surface area contributed by atoms with Gasteiger partial charge in [0.1, 0.15) is 12.4 Å². The van der Waals surface area contributed by atoms with Crippen LogP contribution in [0.3, 0.4) is 0 Å². The summed E-state index contributed by atoms with van der Waals surface area (Å²) in [7, 11) is 1.72. The largest absolute Gasteiger partial charge is 0.489 e. The van der Waals surface area contributed by atoms with Crippen LogP contribution in [0, 0.1) is 0 Å². The topological polar surface area (TPSA) is 47.1 Å². The molecule has 2 heterocycles. The van der Waals surface area contributed by atoms with Crippen LogP contribution in [0.15, 0.2) is 85.1 Å². The lowest BCUT2D eigenvalue weighted by Gasteiger charge is -2.11. The van der Waals surface area contributed by atoms with Crippen LogP contribution in [0.25, 0.3) is 33.1 Å². The fourth-order valence-electron chi connectivity index (χ4n) is 3.90. The Kier molecular flexibility index (Phi) is 4.91. The Morgan fingerprint density at radius 3 is 2.37 bits per heavy atom. The van der Waals surface area contributed by atoms with Crippen molar-refractivity contribution in [1.82, 2.24) is 9.97 Å². The Morgan fingerprint density at radius 1 is 0.833 bits per heavy atom. The molecule has 0 unspecified atom stereocenters. The normalized spacial score (nSPS) is 11.2. The van der Waals surface area contributed by atoms with Gasteiger partial charge >= 0.3 is 0 Å². The number of aromatic amines is 1. The Labute approximate surface area is 175 Å². The zero-order valence-electron chi connectivity index (χ0n) is 16.8. The summed E-state index contributed by atoms with van der Waals surface area (Å²) in [6.07, 6.45) is 1.90. The van der Waals surface area contributed by atoms with Crippen LogP contribution in [0.5, 0.6) is 5.75 Å². The van der Waals surface area contributed by atoms with Gasteiger partial charge in [0.05, 0.1) is 24.0 Å². The van der Waals surface area contributed by atoms with E-state index in [0.29, 0.717) is 13.2 Å². The molecule has 30 heavy (non-hydrogen) atoms. The van der Waals surface area contributed by atoms with Crippen LogP contribution in [-0.4, -0.2) is 17.1 Å². The van der Waals surface area contributed by atoms with E-state index in [1.54, 1.807) is 7.11 Å². The predicted octanol–water partition coefficient (Wildman–Crippen LogP) is 6.11. The summed E-state index contributed by atoms with van der Waals surface area (Å²) >= 11 is 0. The van der Waals surface area contributed by atoms with Gasteiger partial charge < -0.3 is 14.5 Å². The van der Waals surface area contributed by atoms with E-state index in [-0.39, 0.29) is 0 Å². The lowest BCUT2D eigenvalue weighted by molar-refractivity contribution is 0.186. The van der Waals surface area contributed by atoms with Crippen molar-refractivity contribution in [2.75, 3.05) is 7.11 Å². The maximum Gasteiger partial charge on any atom is 0.120 e. The highest BCUT2D eigenvalue weighted by atomic mass is 16.5. The molecule has 1 N–H and O–H groups in total. The number of methoxy groups -OCH3 is 1. The number of rotatable bonds is 6. The molecule has 0 fully saturated rings. The smallest absolute Gasteiger partial charge is 0.120 e. The molecule has 2 aromatic heterocycles. The van der Waals surface area contributed by atoms with Gasteiger partial charge in [0.2, 0.25) is 0 Å². The van der Waals surface area contributed by atoms with Crippen molar-refractivity contribution in [3.63, 3.8) is 0 Å². The molecule has 5 rings (SSSR count). The molecule has 4 heteroatoms. The fraction of sp³-hybridized carbons (Fsp3) is 0.115. The fourth-order valence-corrected chi connectivity index (χ4v) is 3.90. The first-order valence-electron chi connectivity index (χ1n) is 9.98. The lowest BCUT2D eigenvalue weighted by Crippen LogP contribution is -1.97. The number of fused-ring (bicyclic) bond motifs is 3. The van der Waals surface area contributed by atoms with Crippen molar-refractivity contribution >= 4 is 21.8 Å². The molecule has 0 amide bonds. The molecule has 0 saturated carbocycles. The highest BCUT2D eigenvalue weighted by molar-refractivity contribution is 6.10. The van der Waals surface area contributed by atoms with Crippen LogP contribution in [0.2, 0.25) is 0 Å². The van der Waals surface area contributed by atoms with E-state index in [0.717, 1.165) is 49.9 Å². The molecule has 0 saturated heterocycles. The van der Waals surface area contributed by atoms with Gasteiger partial charge in [0.15, 0.2) is 0 Å². The summed E-state index contributed by atoms with van der Waals surface area (Å²) in [6, 6.07) is 26.6. The van der Waals surface area contributed by atoms with Crippen molar-refractivity contribution in [3.8, 4) is 17.0 Å². The molecule has 0 radical (unpaired) electrons. The number of pyridine rings is 1. The third-order valence-corrected chi connectivity index (χ3v) is 5.29. The number of aromatic nitrogens is 2. The molecular formula is C26H22N2O2. The monoisotopic (exact) mass is 394 g/mol. The lowest BCUT2D eigenvalue weighted by atomic mass is 10.0. The van der Waals surface area contributed by atoms with Crippen LogP contribution >= 0.6 is 0 Å². The number of H-pyrrole nitrogens is 1. The zero-order valence-corrected chi connectivity index (χ0v) is 16.8. The summed E-state index contributed by atoms with van der Waals surface area (Å²) in [4.78, 5) is 8.23. The van der Waals surface area contributed by atoms with Gasteiger partial charge in [-0.15, -0.1) is 0 Å². The van der Waals surface area contributed by atoms with E-state index in [1.165, 1.54) is 0 Å². The number of ether oxygens (including phenoxy) is 2. The summed E-state index contributed by atoms with van der Waals surface area (Å²) in [5.41, 5.74) is 6.30. The van der Waals surface area contributed by atoms with Crippen LogP contribution in [-0.2, 0) is 18.0 Å². The minimum absolute atomic E-state index is 0.483. The third-order valence-electron chi connectivity index (χ3n) is 5.29. The van der Waals surface area contributed by atoms with Gasteiger partial charge in [-0.25, -0.2) is 0 Å². The minimum atomic E-state index is 0.483. The van der Waals surface area contributed by atoms with Crippen LogP contribution in [0.1, 0.15) is 11.1 Å². The summed E-state index contributed by atoms with van der Waals surface area (Å²) in [6.45, 7) is 1.02. The van der Waals surface area contributed by atoms with Gasteiger partial charge in [0.25, 0.3) is 0 Å². The number of hydrogen-bond donors (Lipinski definition) is 1. The van der Waals surface area contributed by atoms with Crippen molar-refractivity contribution in [3.05, 3.63) is 96.2 Å². The molecule has 0 aliphatic rings. The second kappa shape index (κ2) is 8.01. The SMILES string of the molecule is COCc1c(-c2ccccc2)ncc2[nH]c3ccc(OCc4ccccc4)cc3c12. The number of benzene rings is 3. The summed E-state index contributed by atoms with van der Waals surface area (Å²) in [5.74, 6) is 0.841. The molecule has 4 nitrogen and oxygen atoms in total. The Morgan fingerprint density at radius 2 is 1.60 bits per heavy atom. The molecule has 0 aliphatic heterocycles. The number of nitrogens with zero attached hydrogens (tertiary/aromatic N) is 1. The standard InChI is InChI=1S/C26H22N2O2/c1-29-17-22-25-21-14-20(30-16-18-8-4-2-5-9-18)12-13-23(21)28-24(25)15-27-26(22)19-10-6-3-7-11-19/h2-15,28H,16-17H2,1H3. The number of nitrogens with one attached hydrogen (secondary N) is 1. The average Bonchev–Trinajstić information content (AvgIpc) is 3.17. The first-order chi connectivity index (χ1) is 14.8. The van der Waals surface area contributed by atoms with E-state index >= 15 is 0 Å². The first-order valence-corrected chi connectivity index (χ1v) is 9.98.